The number of piperidine rings is 1. The molecule has 0 radical (unpaired) electrons. The quantitative estimate of drug-likeness (QED) is 0.473. The number of amides is 2. The largest absolute Gasteiger partial charge is 0.495 e. The third kappa shape index (κ3) is 8.12. The molecular weight excluding hydrogens is 456 g/mol. The fourth-order valence-electron chi connectivity index (χ4n) is 3.92. The van der Waals surface area contributed by atoms with Gasteiger partial charge in [-0.25, -0.2) is 13.1 Å². The molecule has 0 spiro atoms. The number of nitrogens with zero attached hydrogens (tertiary/aromatic N) is 1. The normalized spacial score (nSPS) is 16.6. The van der Waals surface area contributed by atoms with Gasteiger partial charge in [-0.05, 0) is 61.7 Å². The standard InChI is InChI=1S/C24H32N4O5S/c1-33-22-8-4-3-7-21(22)27-24(30)19-9-11-20(12-10-19)26-23(29)13-15-28-14-5-6-18(17-28)16-25-34(2,31)32/h3-4,7-12,18,25H,5-6,13-17H2,1-2H3,(H,26,29)(H,27,30). The first-order chi connectivity index (χ1) is 16.2. The number of anilines is 2. The number of sulfonamides is 1. The van der Waals surface area contributed by atoms with Crippen molar-refractivity contribution >= 4 is 33.2 Å². The first kappa shape index (κ1) is 25.7. The lowest BCUT2D eigenvalue weighted by molar-refractivity contribution is -0.116. The first-order valence-corrected chi connectivity index (χ1v) is 13.1. The SMILES string of the molecule is COc1ccccc1NC(=O)c1ccc(NC(=O)CCN2CCCC(CNS(C)(=O)=O)C2)cc1. The van der Waals surface area contributed by atoms with Crippen molar-refractivity contribution in [2.45, 2.75) is 19.3 Å². The zero-order valence-electron chi connectivity index (χ0n) is 19.5. The Morgan fingerprint density at radius 2 is 1.82 bits per heavy atom. The Kier molecular flexibility index (Phi) is 9.03. The average molecular weight is 489 g/mol. The molecule has 2 aromatic rings. The van der Waals surface area contributed by atoms with Crippen LogP contribution in [0.2, 0.25) is 0 Å². The van der Waals surface area contributed by atoms with Gasteiger partial charge in [0.25, 0.3) is 5.91 Å². The Morgan fingerprint density at radius 1 is 1.09 bits per heavy atom. The molecule has 0 aromatic heterocycles. The van der Waals surface area contributed by atoms with Crippen molar-refractivity contribution in [1.29, 1.82) is 0 Å². The molecule has 0 bridgehead atoms. The van der Waals surface area contributed by atoms with E-state index in [0.717, 1.165) is 32.2 Å². The number of likely N-dealkylation sites (tertiary alicyclic amines) is 1. The summed E-state index contributed by atoms with van der Waals surface area (Å²) < 4.78 is 30.4. The van der Waals surface area contributed by atoms with E-state index in [4.69, 9.17) is 4.74 Å². The van der Waals surface area contributed by atoms with E-state index in [2.05, 4.69) is 20.3 Å². The molecule has 10 heteroatoms. The molecular formula is C24H32N4O5S. The highest BCUT2D eigenvalue weighted by atomic mass is 32.2. The summed E-state index contributed by atoms with van der Waals surface area (Å²) >= 11 is 0. The predicted octanol–water partition coefficient (Wildman–Crippen LogP) is 2.54. The number of para-hydroxylation sites is 2. The van der Waals surface area contributed by atoms with Crippen molar-refractivity contribution in [1.82, 2.24) is 9.62 Å². The van der Waals surface area contributed by atoms with Crippen LogP contribution in [-0.4, -0.2) is 64.7 Å². The van der Waals surface area contributed by atoms with Crippen LogP contribution in [0.1, 0.15) is 29.6 Å². The number of hydrogen-bond acceptors (Lipinski definition) is 6. The maximum Gasteiger partial charge on any atom is 0.255 e. The summed E-state index contributed by atoms with van der Waals surface area (Å²) in [7, 11) is -1.65. The van der Waals surface area contributed by atoms with Crippen LogP contribution in [0.15, 0.2) is 48.5 Å². The summed E-state index contributed by atoms with van der Waals surface area (Å²) in [5.74, 6) is 0.447. The summed E-state index contributed by atoms with van der Waals surface area (Å²) in [5, 5.41) is 5.68. The van der Waals surface area contributed by atoms with E-state index >= 15 is 0 Å². The van der Waals surface area contributed by atoms with Crippen LogP contribution in [0.4, 0.5) is 11.4 Å². The lowest BCUT2D eigenvalue weighted by Crippen LogP contribution is -2.41. The lowest BCUT2D eigenvalue weighted by atomic mass is 9.98. The van der Waals surface area contributed by atoms with Crippen LogP contribution in [-0.2, 0) is 14.8 Å². The van der Waals surface area contributed by atoms with Gasteiger partial charge < -0.3 is 20.3 Å². The Bertz CT molecular complexity index is 1090. The third-order valence-corrected chi connectivity index (χ3v) is 6.37. The Morgan fingerprint density at radius 3 is 2.53 bits per heavy atom. The summed E-state index contributed by atoms with van der Waals surface area (Å²) in [5.41, 5.74) is 1.66. The smallest absolute Gasteiger partial charge is 0.255 e. The molecule has 0 aliphatic carbocycles. The van der Waals surface area contributed by atoms with Gasteiger partial charge in [-0.3, -0.25) is 9.59 Å². The monoisotopic (exact) mass is 488 g/mol. The zero-order valence-corrected chi connectivity index (χ0v) is 20.4. The van der Waals surface area contributed by atoms with Crippen molar-refractivity contribution in [2.24, 2.45) is 5.92 Å². The van der Waals surface area contributed by atoms with Crippen LogP contribution in [0.25, 0.3) is 0 Å². The molecule has 0 saturated carbocycles. The van der Waals surface area contributed by atoms with Gasteiger partial charge in [0, 0.05) is 37.3 Å². The summed E-state index contributed by atoms with van der Waals surface area (Å²) in [4.78, 5) is 27.1. The number of hydrogen-bond donors (Lipinski definition) is 3. The number of rotatable bonds is 10. The second-order valence-corrected chi connectivity index (χ2v) is 10.3. The number of carbonyl (C=O) groups excluding carboxylic acids is 2. The van der Waals surface area contributed by atoms with E-state index in [0.29, 0.717) is 42.2 Å². The van der Waals surface area contributed by atoms with E-state index in [1.54, 1.807) is 43.5 Å². The highest BCUT2D eigenvalue weighted by molar-refractivity contribution is 7.88. The van der Waals surface area contributed by atoms with Gasteiger partial charge in [0.05, 0.1) is 19.1 Å². The number of carbonyl (C=O) groups is 2. The fourth-order valence-corrected chi connectivity index (χ4v) is 4.46. The van der Waals surface area contributed by atoms with Crippen LogP contribution in [0.5, 0.6) is 5.75 Å². The van der Waals surface area contributed by atoms with Crippen molar-refractivity contribution in [3.05, 3.63) is 54.1 Å². The van der Waals surface area contributed by atoms with Crippen molar-refractivity contribution in [3.8, 4) is 5.75 Å². The Labute approximate surface area is 200 Å². The van der Waals surface area contributed by atoms with E-state index in [9.17, 15) is 18.0 Å². The molecule has 1 unspecified atom stereocenters. The predicted molar refractivity (Wildman–Crippen MR) is 133 cm³/mol. The summed E-state index contributed by atoms with van der Waals surface area (Å²) in [6, 6.07) is 13.9. The van der Waals surface area contributed by atoms with Crippen LogP contribution in [0.3, 0.4) is 0 Å². The van der Waals surface area contributed by atoms with E-state index in [1.807, 2.05) is 12.1 Å². The first-order valence-electron chi connectivity index (χ1n) is 11.2. The topological polar surface area (TPSA) is 117 Å². The molecule has 1 fully saturated rings. The molecule has 184 valence electrons. The molecule has 1 aliphatic heterocycles. The minimum Gasteiger partial charge on any atom is -0.495 e. The van der Waals surface area contributed by atoms with Gasteiger partial charge >= 0.3 is 0 Å². The van der Waals surface area contributed by atoms with E-state index in [1.165, 1.54) is 0 Å². The van der Waals surface area contributed by atoms with Crippen LogP contribution >= 0.6 is 0 Å². The van der Waals surface area contributed by atoms with Gasteiger partial charge in [-0.1, -0.05) is 12.1 Å². The molecule has 1 saturated heterocycles. The highest BCUT2D eigenvalue weighted by Crippen LogP contribution is 2.24. The van der Waals surface area contributed by atoms with Gasteiger partial charge in [0.2, 0.25) is 15.9 Å². The average Bonchev–Trinajstić information content (AvgIpc) is 2.82. The fraction of sp³-hybridized carbons (Fsp3) is 0.417. The van der Waals surface area contributed by atoms with Gasteiger partial charge in [0.1, 0.15) is 5.75 Å². The van der Waals surface area contributed by atoms with E-state index in [-0.39, 0.29) is 17.7 Å². The molecule has 3 rings (SSSR count). The van der Waals surface area contributed by atoms with Crippen LogP contribution in [0, 0.1) is 5.92 Å². The van der Waals surface area contributed by atoms with Crippen molar-refractivity contribution in [2.75, 3.05) is 50.2 Å². The molecule has 3 N–H and O–H groups in total. The molecule has 34 heavy (non-hydrogen) atoms. The number of ether oxygens (including phenoxy) is 1. The summed E-state index contributed by atoms with van der Waals surface area (Å²) in [6.45, 7) is 2.71. The van der Waals surface area contributed by atoms with Gasteiger partial charge in [-0.15, -0.1) is 0 Å². The number of methoxy groups -OCH3 is 1. The number of benzene rings is 2. The minimum absolute atomic E-state index is 0.109. The second kappa shape index (κ2) is 12.0. The third-order valence-electron chi connectivity index (χ3n) is 5.68. The zero-order chi connectivity index (χ0) is 24.6. The second-order valence-electron chi connectivity index (χ2n) is 8.46. The Balaban J connectivity index is 1.45. The van der Waals surface area contributed by atoms with E-state index < -0.39 is 10.0 Å². The van der Waals surface area contributed by atoms with Crippen molar-refractivity contribution < 1.29 is 22.7 Å². The van der Waals surface area contributed by atoms with Crippen LogP contribution < -0.4 is 20.1 Å². The Hall–Kier alpha value is -2.95. The lowest BCUT2D eigenvalue weighted by Gasteiger charge is -2.32. The molecule has 1 heterocycles. The molecule has 1 aliphatic rings. The minimum atomic E-state index is -3.19. The van der Waals surface area contributed by atoms with Crippen molar-refractivity contribution in [3.63, 3.8) is 0 Å². The maximum absolute atomic E-state index is 12.5. The highest BCUT2D eigenvalue weighted by Gasteiger charge is 2.21. The summed E-state index contributed by atoms with van der Waals surface area (Å²) in [6.07, 6.45) is 3.46. The number of nitrogens with one attached hydrogen (secondary N) is 3. The van der Waals surface area contributed by atoms with Gasteiger partial charge in [0.15, 0.2) is 0 Å². The molecule has 9 nitrogen and oxygen atoms in total. The molecule has 2 aromatic carbocycles. The molecule has 2 amide bonds. The maximum atomic E-state index is 12.5. The molecule has 1 atom stereocenters. The van der Waals surface area contributed by atoms with Gasteiger partial charge in [-0.2, -0.15) is 0 Å².